The molecule has 0 aliphatic carbocycles. The summed E-state index contributed by atoms with van der Waals surface area (Å²) in [7, 11) is 0. The largest absolute Gasteiger partial charge is 0.354 e. The Kier molecular flexibility index (Phi) is 3.00. The monoisotopic (exact) mass is 239 g/mol. The summed E-state index contributed by atoms with van der Waals surface area (Å²) < 4.78 is 1.68. The smallest absolute Gasteiger partial charge is 0.224 e. The fraction of sp³-hybridized carbons (Fsp3) is 0.333. The number of nitrogens with zero attached hydrogens (tertiary/aromatic N) is 4. The first-order chi connectivity index (χ1) is 7.66. The van der Waals surface area contributed by atoms with Crippen molar-refractivity contribution in [2.75, 3.05) is 6.54 Å². The lowest BCUT2D eigenvalue weighted by Gasteiger charge is -2.03. The van der Waals surface area contributed by atoms with Crippen LogP contribution in [0.15, 0.2) is 12.4 Å². The minimum Gasteiger partial charge on any atom is -0.354 e. The predicted octanol–water partition coefficient (Wildman–Crippen LogP) is 0.616. The first-order valence-electron chi connectivity index (χ1n) is 4.75. The number of nitrogens with one attached hydrogen (secondary N) is 1. The number of carbonyl (C=O) groups is 1. The summed E-state index contributed by atoms with van der Waals surface area (Å²) in [4.78, 5) is 18.6. The van der Waals surface area contributed by atoms with Crippen LogP contribution in [0.25, 0.3) is 11.0 Å². The summed E-state index contributed by atoms with van der Waals surface area (Å²) in [6.07, 6.45) is 3.28. The molecule has 0 fully saturated rings. The molecule has 0 unspecified atom stereocenters. The van der Waals surface area contributed by atoms with Crippen molar-refractivity contribution < 1.29 is 4.79 Å². The second-order valence-corrected chi connectivity index (χ2v) is 3.61. The van der Waals surface area contributed by atoms with Gasteiger partial charge in [0.1, 0.15) is 0 Å². The quantitative estimate of drug-likeness (QED) is 0.797. The van der Waals surface area contributed by atoms with E-state index >= 15 is 0 Å². The van der Waals surface area contributed by atoms with Crippen molar-refractivity contribution >= 4 is 28.5 Å². The molecule has 0 radical (unpaired) electrons. The lowest BCUT2D eigenvalue weighted by Crippen LogP contribution is -2.24. The second-order valence-electron chi connectivity index (χ2n) is 3.27. The van der Waals surface area contributed by atoms with Gasteiger partial charge in [-0.2, -0.15) is 10.1 Å². The van der Waals surface area contributed by atoms with E-state index in [1.54, 1.807) is 17.1 Å². The number of rotatable bonds is 3. The molecule has 0 aliphatic rings. The van der Waals surface area contributed by atoms with Crippen LogP contribution in [0.3, 0.4) is 0 Å². The standard InChI is InChI=1S/C9H10ClN5O/c1-6(16)11-2-3-15-8-7(5-13-15)4-12-9(10)14-8/h4-5H,2-3H2,1H3,(H,11,16). The maximum atomic E-state index is 10.7. The molecule has 84 valence electrons. The van der Waals surface area contributed by atoms with Gasteiger partial charge in [-0.3, -0.25) is 4.79 Å². The SMILES string of the molecule is CC(=O)NCCn1ncc2cnc(Cl)nc21. The van der Waals surface area contributed by atoms with E-state index in [9.17, 15) is 4.79 Å². The molecule has 0 atom stereocenters. The maximum absolute atomic E-state index is 10.7. The van der Waals surface area contributed by atoms with E-state index in [0.717, 1.165) is 5.39 Å². The van der Waals surface area contributed by atoms with Crippen LogP contribution < -0.4 is 5.32 Å². The summed E-state index contributed by atoms with van der Waals surface area (Å²) in [5.41, 5.74) is 0.672. The molecule has 16 heavy (non-hydrogen) atoms. The highest BCUT2D eigenvalue weighted by Crippen LogP contribution is 2.11. The van der Waals surface area contributed by atoms with Crippen molar-refractivity contribution in [3.8, 4) is 0 Å². The lowest BCUT2D eigenvalue weighted by atomic mass is 10.4. The number of hydrogen-bond acceptors (Lipinski definition) is 4. The Labute approximate surface area is 96.6 Å². The topological polar surface area (TPSA) is 72.7 Å². The van der Waals surface area contributed by atoms with Gasteiger partial charge >= 0.3 is 0 Å². The average molecular weight is 240 g/mol. The fourth-order valence-electron chi connectivity index (χ4n) is 1.35. The zero-order valence-electron chi connectivity index (χ0n) is 8.64. The number of halogens is 1. The number of amides is 1. The van der Waals surface area contributed by atoms with Gasteiger partial charge in [-0.1, -0.05) is 0 Å². The molecule has 2 aromatic heterocycles. The lowest BCUT2D eigenvalue weighted by molar-refractivity contribution is -0.118. The van der Waals surface area contributed by atoms with E-state index in [1.165, 1.54) is 6.92 Å². The predicted molar refractivity (Wildman–Crippen MR) is 59.0 cm³/mol. The Bertz CT molecular complexity index is 524. The summed E-state index contributed by atoms with van der Waals surface area (Å²) in [5, 5.41) is 7.84. The van der Waals surface area contributed by atoms with Gasteiger partial charge in [-0.15, -0.1) is 0 Å². The van der Waals surface area contributed by atoms with Crippen LogP contribution in [0, 0.1) is 0 Å². The van der Waals surface area contributed by atoms with Crippen LogP contribution in [-0.4, -0.2) is 32.2 Å². The third-order valence-corrected chi connectivity index (χ3v) is 2.23. The molecule has 2 rings (SSSR count). The van der Waals surface area contributed by atoms with Gasteiger partial charge in [0.25, 0.3) is 0 Å². The van der Waals surface area contributed by atoms with Gasteiger partial charge in [0.2, 0.25) is 11.2 Å². The molecule has 0 saturated heterocycles. The van der Waals surface area contributed by atoms with E-state index in [4.69, 9.17) is 11.6 Å². The van der Waals surface area contributed by atoms with Crippen LogP contribution >= 0.6 is 11.6 Å². The first-order valence-corrected chi connectivity index (χ1v) is 5.13. The minimum atomic E-state index is -0.0656. The molecule has 1 N–H and O–H groups in total. The van der Waals surface area contributed by atoms with Crippen molar-refractivity contribution in [1.29, 1.82) is 0 Å². The zero-order valence-corrected chi connectivity index (χ0v) is 9.40. The third kappa shape index (κ3) is 2.27. The molecule has 2 heterocycles. The molecule has 0 spiro atoms. The third-order valence-electron chi connectivity index (χ3n) is 2.04. The number of aromatic nitrogens is 4. The Hall–Kier alpha value is -1.69. The van der Waals surface area contributed by atoms with E-state index in [1.807, 2.05) is 0 Å². The van der Waals surface area contributed by atoms with Crippen LogP contribution in [0.1, 0.15) is 6.92 Å². The Balaban J connectivity index is 2.17. The van der Waals surface area contributed by atoms with E-state index in [2.05, 4.69) is 20.4 Å². The summed E-state index contributed by atoms with van der Waals surface area (Å²) in [5.74, 6) is -0.0656. The van der Waals surface area contributed by atoms with Crippen LogP contribution in [0.2, 0.25) is 5.28 Å². The van der Waals surface area contributed by atoms with Crippen LogP contribution in [-0.2, 0) is 11.3 Å². The molecule has 7 heteroatoms. The van der Waals surface area contributed by atoms with Crippen molar-refractivity contribution in [2.45, 2.75) is 13.5 Å². The van der Waals surface area contributed by atoms with Gasteiger partial charge in [0.15, 0.2) is 5.65 Å². The first kappa shape index (κ1) is 10.8. The van der Waals surface area contributed by atoms with Crippen molar-refractivity contribution in [2.24, 2.45) is 0 Å². The molecule has 0 saturated carbocycles. The summed E-state index contributed by atoms with van der Waals surface area (Å²) in [6.45, 7) is 2.53. The fourth-order valence-corrected chi connectivity index (χ4v) is 1.48. The van der Waals surface area contributed by atoms with Gasteiger partial charge in [-0.05, 0) is 11.6 Å². The highest BCUT2D eigenvalue weighted by Gasteiger charge is 2.05. The number of hydrogen-bond donors (Lipinski definition) is 1. The van der Waals surface area contributed by atoms with Gasteiger partial charge in [-0.25, -0.2) is 9.67 Å². The van der Waals surface area contributed by atoms with Gasteiger partial charge < -0.3 is 5.32 Å². The number of carbonyl (C=O) groups excluding carboxylic acids is 1. The molecular formula is C9H10ClN5O. The molecule has 0 aliphatic heterocycles. The Morgan fingerprint density at radius 2 is 2.38 bits per heavy atom. The Morgan fingerprint density at radius 1 is 1.56 bits per heavy atom. The van der Waals surface area contributed by atoms with Crippen LogP contribution in [0.5, 0.6) is 0 Å². The molecule has 2 aromatic rings. The normalized spacial score (nSPS) is 10.6. The molecule has 0 bridgehead atoms. The zero-order chi connectivity index (χ0) is 11.5. The molecule has 1 amide bonds. The Morgan fingerprint density at radius 3 is 3.12 bits per heavy atom. The minimum absolute atomic E-state index is 0.0656. The molecule has 6 nitrogen and oxygen atoms in total. The number of fused-ring (bicyclic) bond motifs is 1. The highest BCUT2D eigenvalue weighted by molar-refractivity contribution is 6.28. The molecular weight excluding hydrogens is 230 g/mol. The van der Waals surface area contributed by atoms with E-state index in [0.29, 0.717) is 18.7 Å². The van der Waals surface area contributed by atoms with Crippen molar-refractivity contribution in [1.82, 2.24) is 25.1 Å². The van der Waals surface area contributed by atoms with Gasteiger partial charge in [0, 0.05) is 19.7 Å². The summed E-state index contributed by atoms with van der Waals surface area (Å²) >= 11 is 5.70. The molecule has 0 aromatic carbocycles. The summed E-state index contributed by atoms with van der Waals surface area (Å²) in [6, 6.07) is 0. The van der Waals surface area contributed by atoms with E-state index < -0.39 is 0 Å². The van der Waals surface area contributed by atoms with Crippen molar-refractivity contribution in [3.63, 3.8) is 0 Å². The maximum Gasteiger partial charge on any atom is 0.224 e. The average Bonchev–Trinajstić information content (AvgIpc) is 2.60. The van der Waals surface area contributed by atoms with E-state index in [-0.39, 0.29) is 11.2 Å². The second kappa shape index (κ2) is 4.44. The van der Waals surface area contributed by atoms with Crippen LogP contribution in [0.4, 0.5) is 0 Å². The van der Waals surface area contributed by atoms with Gasteiger partial charge in [0.05, 0.1) is 18.1 Å². The van der Waals surface area contributed by atoms with Crippen molar-refractivity contribution in [3.05, 3.63) is 17.7 Å². The highest BCUT2D eigenvalue weighted by atomic mass is 35.5.